The lowest BCUT2D eigenvalue weighted by Crippen LogP contribution is -2.48. The minimum absolute atomic E-state index is 0.182. The van der Waals surface area contributed by atoms with E-state index in [-0.39, 0.29) is 10.8 Å². The molecule has 0 aromatic heterocycles. The van der Waals surface area contributed by atoms with Gasteiger partial charge >= 0.3 is 0 Å². The number of nitrogens with one attached hydrogen (secondary N) is 1. The van der Waals surface area contributed by atoms with Crippen LogP contribution in [-0.4, -0.2) is 11.9 Å². The monoisotopic (exact) mass is 349 g/mol. The van der Waals surface area contributed by atoms with Gasteiger partial charge in [0.05, 0.1) is 5.41 Å². The fraction of sp³-hybridized carbons (Fsp3) is 0.625. The molecule has 0 radical (unpaired) electrons. The van der Waals surface area contributed by atoms with Crippen LogP contribution in [0.4, 0.5) is 0 Å². The molecule has 5 fully saturated rings. The third kappa shape index (κ3) is 2.27. The largest absolute Gasteiger partial charge is 0.353 e. The quantitative estimate of drug-likeness (QED) is 0.765. The number of hydrogen-bond donors (Lipinski definition) is 1. The number of amides is 1. The van der Waals surface area contributed by atoms with E-state index in [0.29, 0.717) is 23.8 Å². The van der Waals surface area contributed by atoms with Crippen molar-refractivity contribution in [1.29, 1.82) is 0 Å². The second kappa shape index (κ2) is 5.71. The van der Waals surface area contributed by atoms with Gasteiger partial charge < -0.3 is 5.32 Å². The van der Waals surface area contributed by atoms with Crippen molar-refractivity contribution in [2.24, 2.45) is 23.2 Å². The third-order valence-corrected chi connectivity index (χ3v) is 8.32. The van der Waals surface area contributed by atoms with Crippen LogP contribution < -0.4 is 5.32 Å². The van der Waals surface area contributed by atoms with Gasteiger partial charge in [-0.3, -0.25) is 4.79 Å². The van der Waals surface area contributed by atoms with Crippen molar-refractivity contribution in [2.75, 3.05) is 0 Å². The van der Waals surface area contributed by atoms with Gasteiger partial charge in [0.1, 0.15) is 0 Å². The Morgan fingerprint density at radius 3 is 2.54 bits per heavy atom. The van der Waals surface area contributed by atoms with Gasteiger partial charge in [-0.1, -0.05) is 49.4 Å². The first-order chi connectivity index (χ1) is 12.5. The molecule has 4 bridgehead atoms. The topological polar surface area (TPSA) is 29.1 Å². The highest BCUT2D eigenvalue weighted by Gasteiger charge is 2.68. The van der Waals surface area contributed by atoms with E-state index in [9.17, 15) is 4.79 Å². The highest BCUT2D eigenvalue weighted by molar-refractivity contribution is 5.86. The summed E-state index contributed by atoms with van der Waals surface area (Å²) in [4.78, 5) is 13.5. The average Bonchev–Trinajstić information content (AvgIpc) is 3.02. The molecular weight excluding hydrogens is 318 g/mol. The van der Waals surface area contributed by atoms with Crippen molar-refractivity contribution in [3.8, 4) is 0 Å². The van der Waals surface area contributed by atoms with Crippen LogP contribution in [-0.2, 0) is 10.2 Å². The molecule has 0 spiro atoms. The first-order valence-electron chi connectivity index (χ1n) is 10.6. The summed E-state index contributed by atoms with van der Waals surface area (Å²) in [5.41, 5.74) is 2.85. The van der Waals surface area contributed by atoms with E-state index in [2.05, 4.69) is 49.2 Å². The highest BCUT2D eigenvalue weighted by Crippen LogP contribution is 2.72. The van der Waals surface area contributed by atoms with E-state index in [4.69, 9.17) is 0 Å². The molecule has 1 aromatic carbocycles. The summed E-state index contributed by atoms with van der Waals surface area (Å²) in [5.74, 6) is 2.10. The molecule has 0 heterocycles. The number of hydrogen-bond acceptors (Lipinski definition) is 1. The van der Waals surface area contributed by atoms with Gasteiger partial charge in [-0.05, 0) is 80.1 Å². The molecule has 1 aromatic rings. The van der Waals surface area contributed by atoms with Gasteiger partial charge in [-0.15, -0.1) is 0 Å². The van der Waals surface area contributed by atoms with Crippen LogP contribution in [0.3, 0.4) is 0 Å². The fourth-order valence-corrected chi connectivity index (χ4v) is 6.97. The molecule has 0 saturated heterocycles. The molecule has 26 heavy (non-hydrogen) atoms. The van der Waals surface area contributed by atoms with Crippen molar-refractivity contribution in [2.45, 2.75) is 69.7 Å². The van der Waals surface area contributed by atoms with E-state index >= 15 is 0 Å². The smallest absolute Gasteiger partial charge is 0.227 e. The highest BCUT2D eigenvalue weighted by atomic mass is 16.2. The normalized spacial score (nSPS) is 43.7. The maximum absolute atomic E-state index is 13.5. The van der Waals surface area contributed by atoms with Crippen molar-refractivity contribution in [3.05, 3.63) is 48.0 Å². The summed E-state index contributed by atoms with van der Waals surface area (Å²) in [7, 11) is 0. The van der Waals surface area contributed by atoms with Crippen molar-refractivity contribution in [1.82, 2.24) is 5.32 Å². The van der Waals surface area contributed by atoms with Crippen LogP contribution in [0.15, 0.2) is 42.5 Å². The number of carbonyl (C=O) groups is 1. The third-order valence-electron chi connectivity index (χ3n) is 8.32. The Bertz CT molecular complexity index is 732. The molecule has 138 valence electrons. The maximum atomic E-state index is 13.5. The standard InChI is InChI=1S/C24H31NO/c1-16-8-10-20(11-9-16)25-22(26)24-13-18-12-23(15-24,14-21(24)17(18)2)19-6-4-3-5-7-19/h3-7,16,18,20-21H,2,8-15H2,1H3,(H,25,26). The van der Waals surface area contributed by atoms with Crippen LogP contribution >= 0.6 is 0 Å². The van der Waals surface area contributed by atoms with E-state index in [1.165, 1.54) is 30.4 Å². The van der Waals surface area contributed by atoms with Crippen molar-refractivity contribution < 1.29 is 4.79 Å². The zero-order valence-corrected chi connectivity index (χ0v) is 16.0. The molecule has 5 aliphatic rings. The Morgan fingerprint density at radius 1 is 1.08 bits per heavy atom. The molecule has 0 aliphatic heterocycles. The average molecular weight is 350 g/mol. The predicted octanol–water partition coefficient (Wildman–Crippen LogP) is 5.00. The first kappa shape index (κ1) is 16.6. The van der Waals surface area contributed by atoms with Gasteiger partial charge in [-0.2, -0.15) is 0 Å². The first-order valence-corrected chi connectivity index (χ1v) is 10.6. The van der Waals surface area contributed by atoms with Gasteiger partial charge in [0.2, 0.25) is 5.91 Å². The SMILES string of the molecule is C=C1C2CC3(c4ccccc4)CC1C(C(=O)NC1CCC(C)CC1)(C2)C3. The second-order valence-corrected chi connectivity index (χ2v) is 9.85. The van der Waals surface area contributed by atoms with Gasteiger partial charge in [0, 0.05) is 6.04 Å². The summed E-state index contributed by atoms with van der Waals surface area (Å²) < 4.78 is 0. The molecule has 4 unspecified atom stereocenters. The number of allylic oxidation sites excluding steroid dienone is 1. The fourth-order valence-electron chi connectivity index (χ4n) is 6.97. The molecular formula is C24H31NO. The molecule has 1 N–H and O–H groups in total. The van der Waals surface area contributed by atoms with E-state index in [1.807, 2.05) is 0 Å². The Balaban J connectivity index is 1.42. The lowest BCUT2D eigenvalue weighted by Gasteiger charge is -2.41. The maximum Gasteiger partial charge on any atom is 0.227 e. The van der Waals surface area contributed by atoms with E-state index in [1.54, 1.807) is 0 Å². The van der Waals surface area contributed by atoms with Crippen LogP contribution in [0.1, 0.15) is 63.9 Å². The zero-order valence-electron chi connectivity index (χ0n) is 16.0. The van der Waals surface area contributed by atoms with E-state index in [0.717, 1.165) is 38.0 Å². The summed E-state index contributed by atoms with van der Waals surface area (Å²) >= 11 is 0. The summed E-state index contributed by atoms with van der Waals surface area (Å²) in [6, 6.07) is 11.4. The van der Waals surface area contributed by atoms with Crippen LogP contribution in [0.25, 0.3) is 0 Å². The molecule has 5 aliphatic carbocycles. The Morgan fingerprint density at radius 2 is 1.81 bits per heavy atom. The number of benzene rings is 1. The molecule has 1 amide bonds. The molecule has 2 nitrogen and oxygen atoms in total. The zero-order chi connectivity index (χ0) is 17.9. The lowest BCUT2D eigenvalue weighted by atomic mass is 9.63. The van der Waals surface area contributed by atoms with Crippen LogP contribution in [0.5, 0.6) is 0 Å². The Kier molecular flexibility index (Phi) is 3.64. The second-order valence-electron chi connectivity index (χ2n) is 9.85. The summed E-state index contributed by atoms with van der Waals surface area (Å²) in [6.45, 7) is 6.78. The Labute approximate surface area is 157 Å². The minimum atomic E-state index is -0.182. The van der Waals surface area contributed by atoms with Gasteiger partial charge in [0.15, 0.2) is 0 Å². The molecule has 2 heteroatoms. The molecule has 6 rings (SSSR count). The van der Waals surface area contributed by atoms with Crippen LogP contribution in [0, 0.1) is 23.2 Å². The minimum Gasteiger partial charge on any atom is -0.353 e. The van der Waals surface area contributed by atoms with Crippen molar-refractivity contribution >= 4 is 5.91 Å². The predicted molar refractivity (Wildman–Crippen MR) is 105 cm³/mol. The van der Waals surface area contributed by atoms with Crippen LogP contribution in [0.2, 0.25) is 0 Å². The van der Waals surface area contributed by atoms with E-state index < -0.39 is 0 Å². The number of rotatable bonds is 3. The Hall–Kier alpha value is -1.57. The molecule has 4 atom stereocenters. The molecule has 5 saturated carbocycles. The number of carbonyl (C=O) groups excluding carboxylic acids is 1. The van der Waals surface area contributed by atoms with Gasteiger partial charge in [0.25, 0.3) is 0 Å². The lowest BCUT2D eigenvalue weighted by molar-refractivity contribution is -0.134. The summed E-state index contributed by atoms with van der Waals surface area (Å²) in [5, 5.41) is 3.49. The van der Waals surface area contributed by atoms with Crippen molar-refractivity contribution in [3.63, 3.8) is 0 Å². The summed E-state index contributed by atoms with van der Waals surface area (Å²) in [6.07, 6.45) is 9.21. The van der Waals surface area contributed by atoms with Gasteiger partial charge in [-0.25, -0.2) is 0 Å².